The number of nitrogen functional groups attached to an aromatic ring is 1. The number of aromatic nitrogens is 4. The summed E-state index contributed by atoms with van der Waals surface area (Å²) in [6, 6.07) is 0.0577. The maximum Gasteiger partial charge on any atom is 0.290 e. The van der Waals surface area contributed by atoms with E-state index in [1.54, 1.807) is 0 Å². The number of imidazole rings is 1. The average Bonchev–Trinajstić information content (AvgIpc) is 3.40. The number of amides is 1. The van der Waals surface area contributed by atoms with Crippen molar-refractivity contribution in [1.29, 1.82) is 0 Å². The molecule has 5 rings (SSSR count). The zero-order valence-electron chi connectivity index (χ0n) is 18.2. The molecule has 2 aromatic rings. The van der Waals surface area contributed by atoms with Crippen LogP contribution in [-0.4, -0.2) is 58.5 Å². The molecule has 6 N–H and O–H groups in total. The summed E-state index contributed by atoms with van der Waals surface area (Å²) in [6.07, 6.45) is 3.51. The number of anilines is 1. The van der Waals surface area contributed by atoms with Gasteiger partial charge in [-0.05, 0) is 43.9 Å². The fraction of sp³-hybridized carbons (Fsp3) is 0.545. The zero-order chi connectivity index (χ0) is 23.3. The fourth-order valence-electron chi connectivity index (χ4n) is 4.36. The van der Waals surface area contributed by atoms with Crippen LogP contribution in [0.1, 0.15) is 57.5 Å². The third-order valence-electron chi connectivity index (χ3n) is 6.24. The van der Waals surface area contributed by atoms with E-state index in [0.29, 0.717) is 18.8 Å². The number of hydrogen-bond acceptors (Lipinski definition) is 9. The Labute approximate surface area is 189 Å². The first kappa shape index (κ1) is 21.5. The molecule has 4 atom stereocenters. The highest BCUT2D eigenvalue weighted by atomic mass is 16.5. The number of carbonyl (C=O) groups is 1. The summed E-state index contributed by atoms with van der Waals surface area (Å²) in [4.78, 5) is 25.1. The van der Waals surface area contributed by atoms with E-state index in [1.807, 2.05) is 0 Å². The molecule has 0 radical (unpaired) electrons. The molecule has 2 aliphatic carbocycles. The molecule has 3 aliphatic rings. The molecule has 11 nitrogen and oxygen atoms in total. The Kier molecular flexibility index (Phi) is 5.14. The minimum Gasteiger partial charge on any atom is -0.506 e. The van der Waals surface area contributed by atoms with E-state index in [0.717, 1.165) is 25.7 Å². The Morgan fingerprint density at radius 3 is 2.88 bits per heavy atom. The second kappa shape index (κ2) is 7.90. The Bertz CT molecular complexity index is 1210. The molecule has 2 fully saturated rings. The summed E-state index contributed by atoms with van der Waals surface area (Å²) in [5.74, 6) is 4.77. The van der Waals surface area contributed by atoms with Crippen molar-refractivity contribution in [2.45, 2.75) is 69.4 Å². The standard InChI is InChI=1S/C22H26N6O5/c1-11-3-2-7-22(32,9-11)8-6-13-26-18(23)14-19(27-13)28(10-24-14)21-16(30)15(29)17(33-21)20(31)25-12-4-5-12/h10-12,16,21,29-30,32H,2-5,7,9H2,1H3,(H,25,31)(H2,23,26,27)/t11-,16?,21-,22-/m1/s1. The molecule has 2 saturated carbocycles. The highest BCUT2D eigenvalue weighted by Gasteiger charge is 2.42. The van der Waals surface area contributed by atoms with E-state index in [9.17, 15) is 20.1 Å². The lowest BCUT2D eigenvalue weighted by molar-refractivity contribution is -0.122. The molecule has 1 unspecified atom stereocenters. The number of rotatable bonds is 3. The van der Waals surface area contributed by atoms with Crippen molar-refractivity contribution in [3.63, 3.8) is 0 Å². The molecule has 1 amide bonds. The predicted octanol–water partition coefficient (Wildman–Crippen LogP) is 0.639. The van der Waals surface area contributed by atoms with Crippen LogP contribution in [0.2, 0.25) is 0 Å². The first-order valence-electron chi connectivity index (χ1n) is 11.1. The van der Waals surface area contributed by atoms with E-state index >= 15 is 0 Å². The normalized spacial score (nSPS) is 29.5. The molecule has 0 aromatic carbocycles. The predicted molar refractivity (Wildman–Crippen MR) is 116 cm³/mol. The first-order chi connectivity index (χ1) is 15.7. The number of aliphatic hydroxyl groups excluding tert-OH is 2. The number of ether oxygens (including phenoxy) is 1. The van der Waals surface area contributed by atoms with Crippen LogP contribution in [0.25, 0.3) is 11.2 Å². The largest absolute Gasteiger partial charge is 0.506 e. The minimum atomic E-state index is -1.50. The third-order valence-corrected chi connectivity index (χ3v) is 6.24. The van der Waals surface area contributed by atoms with Crippen LogP contribution in [0.4, 0.5) is 5.82 Å². The molecule has 33 heavy (non-hydrogen) atoms. The van der Waals surface area contributed by atoms with Crippen molar-refractivity contribution in [1.82, 2.24) is 24.8 Å². The molecular weight excluding hydrogens is 428 g/mol. The summed E-state index contributed by atoms with van der Waals surface area (Å²) in [7, 11) is 0. The molecular formula is C22H26N6O5. The smallest absolute Gasteiger partial charge is 0.290 e. The quantitative estimate of drug-likeness (QED) is 0.418. The van der Waals surface area contributed by atoms with E-state index in [1.165, 1.54) is 10.9 Å². The lowest BCUT2D eigenvalue weighted by Gasteiger charge is -2.30. The number of aliphatic hydroxyl groups is 3. The minimum absolute atomic E-state index is 0.0577. The summed E-state index contributed by atoms with van der Waals surface area (Å²) in [6.45, 7) is 2.08. The Hall–Kier alpha value is -3.36. The maximum atomic E-state index is 12.3. The number of hydrogen-bond donors (Lipinski definition) is 5. The summed E-state index contributed by atoms with van der Waals surface area (Å²) >= 11 is 0. The Morgan fingerprint density at radius 2 is 2.15 bits per heavy atom. The molecule has 174 valence electrons. The van der Waals surface area contributed by atoms with Gasteiger partial charge in [0.2, 0.25) is 17.8 Å². The van der Waals surface area contributed by atoms with Crippen molar-refractivity contribution in [3.05, 3.63) is 23.7 Å². The van der Waals surface area contributed by atoms with Crippen LogP contribution in [0.3, 0.4) is 0 Å². The van der Waals surface area contributed by atoms with Gasteiger partial charge in [0.15, 0.2) is 23.3 Å². The lowest BCUT2D eigenvalue weighted by Crippen LogP contribution is -2.32. The van der Waals surface area contributed by atoms with Crippen molar-refractivity contribution in [3.8, 4) is 11.8 Å². The number of nitrogens with one attached hydrogen (secondary N) is 1. The number of nitrogens with two attached hydrogens (primary N) is 1. The van der Waals surface area contributed by atoms with Crippen LogP contribution in [-0.2, 0) is 9.53 Å². The molecule has 1 aliphatic heterocycles. The molecule has 0 bridgehead atoms. The number of nitrogens with zero attached hydrogens (tertiary/aromatic N) is 4. The highest BCUT2D eigenvalue weighted by molar-refractivity contribution is 5.93. The van der Waals surface area contributed by atoms with E-state index < -0.39 is 29.6 Å². The Morgan fingerprint density at radius 1 is 1.36 bits per heavy atom. The Balaban J connectivity index is 1.44. The van der Waals surface area contributed by atoms with Gasteiger partial charge in [-0.2, -0.15) is 0 Å². The molecule has 0 saturated heterocycles. The van der Waals surface area contributed by atoms with Gasteiger partial charge in [-0.3, -0.25) is 9.36 Å². The van der Waals surface area contributed by atoms with Gasteiger partial charge in [0.25, 0.3) is 5.91 Å². The van der Waals surface area contributed by atoms with E-state index in [4.69, 9.17) is 10.5 Å². The van der Waals surface area contributed by atoms with Crippen LogP contribution in [0, 0.1) is 17.8 Å². The van der Waals surface area contributed by atoms with Gasteiger partial charge in [0.1, 0.15) is 17.4 Å². The number of carbonyl (C=O) groups excluding carboxylic acids is 1. The fourth-order valence-corrected chi connectivity index (χ4v) is 4.36. The molecule has 2 aromatic heterocycles. The topological polar surface area (TPSA) is 169 Å². The zero-order valence-corrected chi connectivity index (χ0v) is 18.2. The number of fused-ring (bicyclic) bond motifs is 1. The van der Waals surface area contributed by atoms with Gasteiger partial charge < -0.3 is 31.1 Å². The average molecular weight is 454 g/mol. The molecule has 3 heterocycles. The van der Waals surface area contributed by atoms with Gasteiger partial charge in [-0.25, -0.2) is 15.0 Å². The van der Waals surface area contributed by atoms with Crippen molar-refractivity contribution >= 4 is 22.9 Å². The van der Waals surface area contributed by atoms with Gasteiger partial charge in [0.05, 0.1) is 0 Å². The van der Waals surface area contributed by atoms with Crippen molar-refractivity contribution in [2.75, 3.05) is 5.73 Å². The molecule has 0 spiro atoms. The van der Waals surface area contributed by atoms with Gasteiger partial charge in [0, 0.05) is 6.04 Å². The lowest BCUT2D eigenvalue weighted by atomic mass is 9.79. The van der Waals surface area contributed by atoms with Crippen molar-refractivity contribution < 1.29 is 24.9 Å². The summed E-state index contributed by atoms with van der Waals surface area (Å²) < 4.78 is 6.97. The summed E-state index contributed by atoms with van der Waals surface area (Å²) in [5.41, 5.74) is 5.43. The van der Waals surface area contributed by atoms with Gasteiger partial charge in [-0.1, -0.05) is 19.3 Å². The monoisotopic (exact) mass is 454 g/mol. The SMILES string of the molecule is C[C@@H]1CCC[C@@](O)(C#Cc2nc(N)c3ncn([C@@H]4OC(C(=O)NC5CC5)=C(O)C4O)c3n2)C1. The maximum absolute atomic E-state index is 12.3. The van der Waals surface area contributed by atoms with Crippen LogP contribution >= 0.6 is 0 Å². The third kappa shape index (κ3) is 4.07. The van der Waals surface area contributed by atoms with Crippen LogP contribution < -0.4 is 11.1 Å². The van der Waals surface area contributed by atoms with Crippen LogP contribution in [0.15, 0.2) is 17.8 Å². The first-order valence-corrected chi connectivity index (χ1v) is 11.1. The molecule has 11 heteroatoms. The summed E-state index contributed by atoms with van der Waals surface area (Å²) in [5, 5.41) is 34.3. The van der Waals surface area contributed by atoms with Gasteiger partial charge >= 0.3 is 0 Å². The highest BCUT2D eigenvalue weighted by Crippen LogP contribution is 2.35. The van der Waals surface area contributed by atoms with Crippen LogP contribution in [0.5, 0.6) is 0 Å². The van der Waals surface area contributed by atoms with Crippen molar-refractivity contribution in [2.24, 2.45) is 5.92 Å². The van der Waals surface area contributed by atoms with E-state index in [-0.39, 0.29) is 34.6 Å². The second-order valence-electron chi connectivity index (χ2n) is 9.15. The second-order valence-corrected chi connectivity index (χ2v) is 9.15. The van der Waals surface area contributed by atoms with E-state index in [2.05, 4.69) is 39.0 Å². The van der Waals surface area contributed by atoms with Gasteiger partial charge in [-0.15, -0.1) is 0 Å².